The first-order chi connectivity index (χ1) is 9.36. The highest BCUT2D eigenvalue weighted by atomic mass is 35.5. The lowest BCUT2D eigenvalue weighted by Crippen LogP contribution is -2.29. The fourth-order valence-electron chi connectivity index (χ4n) is 2.38. The van der Waals surface area contributed by atoms with Gasteiger partial charge in [0.2, 0.25) is 10.0 Å². The molecule has 1 aliphatic heterocycles. The minimum atomic E-state index is -3.82. The molecule has 0 radical (unpaired) electrons. The van der Waals surface area contributed by atoms with Crippen molar-refractivity contribution < 1.29 is 12.8 Å². The molecule has 1 aliphatic rings. The summed E-state index contributed by atoms with van der Waals surface area (Å²) in [6.45, 7) is 3.06. The number of sulfonamides is 1. The molecule has 1 unspecified atom stereocenters. The van der Waals surface area contributed by atoms with E-state index in [1.165, 1.54) is 16.4 Å². The molecule has 0 spiro atoms. The molecule has 1 aromatic carbocycles. The first-order valence-electron chi connectivity index (χ1n) is 6.49. The number of rotatable bonds is 4. The summed E-state index contributed by atoms with van der Waals surface area (Å²) in [4.78, 5) is -0.329. The molecule has 1 atom stereocenters. The van der Waals surface area contributed by atoms with Crippen LogP contribution in [0.3, 0.4) is 0 Å². The van der Waals surface area contributed by atoms with Gasteiger partial charge in [0, 0.05) is 30.2 Å². The number of nitrogens with zero attached hydrogens (tertiary/aromatic N) is 1. The van der Waals surface area contributed by atoms with E-state index in [1.54, 1.807) is 7.05 Å². The van der Waals surface area contributed by atoms with Crippen LogP contribution in [-0.2, 0) is 16.6 Å². The van der Waals surface area contributed by atoms with Crippen LogP contribution in [0.5, 0.6) is 0 Å². The molecule has 1 N–H and O–H groups in total. The van der Waals surface area contributed by atoms with Crippen LogP contribution in [0.1, 0.15) is 18.9 Å². The van der Waals surface area contributed by atoms with Crippen LogP contribution in [0.2, 0.25) is 5.02 Å². The number of hydrogen-bond acceptors (Lipinski definition) is 3. The molecule has 1 fully saturated rings. The van der Waals surface area contributed by atoms with E-state index in [9.17, 15) is 12.8 Å². The van der Waals surface area contributed by atoms with Gasteiger partial charge in [-0.05, 0) is 31.5 Å². The molecular formula is C13H18ClFN2O2S. The lowest BCUT2D eigenvalue weighted by Gasteiger charge is -2.18. The van der Waals surface area contributed by atoms with E-state index in [-0.39, 0.29) is 22.0 Å². The Labute approximate surface area is 124 Å². The molecule has 0 aliphatic carbocycles. The van der Waals surface area contributed by atoms with E-state index < -0.39 is 15.8 Å². The smallest absolute Gasteiger partial charge is 0.246 e. The Morgan fingerprint density at radius 1 is 1.50 bits per heavy atom. The summed E-state index contributed by atoms with van der Waals surface area (Å²) in [5.74, 6) is -0.424. The molecule has 0 amide bonds. The summed E-state index contributed by atoms with van der Waals surface area (Å²) in [5, 5.41) is 3.02. The van der Waals surface area contributed by atoms with Crippen molar-refractivity contribution in [3.05, 3.63) is 28.5 Å². The summed E-state index contributed by atoms with van der Waals surface area (Å²) in [5.41, 5.74) is 0.255. The number of benzene rings is 1. The van der Waals surface area contributed by atoms with Gasteiger partial charge in [-0.15, -0.1) is 0 Å². The number of hydrogen-bond donors (Lipinski definition) is 1. The molecule has 0 aromatic heterocycles. The monoisotopic (exact) mass is 320 g/mol. The minimum absolute atomic E-state index is 0.225. The minimum Gasteiger partial charge on any atom is -0.316 e. The van der Waals surface area contributed by atoms with Crippen LogP contribution in [0.15, 0.2) is 17.0 Å². The lowest BCUT2D eigenvalue weighted by molar-refractivity contribution is 0.456. The molecule has 1 heterocycles. The molecule has 112 valence electrons. The van der Waals surface area contributed by atoms with Crippen molar-refractivity contribution in [2.75, 3.05) is 20.1 Å². The highest BCUT2D eigenvalue weighted by molar-refractivity contribution is 7.89. The standard InChI is InChI=1S/C13H18ClFN2O2S/c1-9-3-4-17(8-9)20(18,19)12-6-11(14)5-10(7-16-2)13(12)15/h5-6,9,16H,3-4,7-8H2,1-2H3. The van der Waals surface area contributed by atoms with Gasteiger partial charge < -0.3 is 5.32 Å². The highest BCUT2D eigenvalue weighted by Gasteiger charge is 2.33. The van der Waals surface area contributed by atoms with Crippen molar-refractivity contribution >= 4 is 21.6 Å². The maximum Gasteiger partial charge on any atom is 0.246 e. The SMILES string of the molecule is CNCc1cc(Cl)cc(S(=O)(=O)N2CCC(C)C2)c1F. The maximum atomic E-state index is 14.4. The lowest BCUT2D eigenvalue weighted by atomic mass is 10.2. The fraction of sp³-hybridized carbons (Fsp3) is 0.538. The van der Waals surface area contributed by atoms with E-state index in [4.69, 9.17) is 11.6 Å². The Morgan fingerprint density at radius 2 is 2.20 bits per heavy atom. The molecule has 7 heteroatoms. The van der Waals surface area contributed by atoms with E-state index >= 15 is 0 Å². The van der Waals surface area contributed by atoms with E-state index in [2.05, 4.69) is 5.32 Å². The first kappa shape index (κ1) is 15.7. The van der Waals surface area contributed by atoms with Crippen LogP contribution >= 0.6 is 11.6 Å². The molecule has 0 saturated carbocycles. The number of halogens is 2. The van der Waals surface area contributed by atoms with Gasteiger partial charge in [0.15, 0.2) is 0 Å². The molecule has 1 aromatic rings. The molecule has 20 heavy (non-hydrogen) atoms. The van der Waals surface area contributed by atoms with Gasteiger partial charge in [0.1, 0.15) is 10.7 Å². The van der Waals surface area contributed by atoms with Crippen molar-refractivity contribution in [2.45, 2.75) is 24.8 Å². The van der Waals surface area contributed by atoms with Crippen molar-refractivity contribution in [1.82, 2.24) is 9.62 Å². The predicted molar refractivity (Wildman–Crippen MR) is 76.7 cm³/mol. The summed E-state index contributed by atoms with van der Waals surface area (Å²) < 4.78 is 40.7. The van der Waals surface area contributed by atoms with Crippen molar-refractivity contribution in [3.8, 4) is 0 Å². The maximum absolute atomic E-state index is 14.4. The second-order valence-electron chi connectivity index (χ2n) is 5.16. The van der Waals surface area contributed by atoms with Gasteiger partial charge in [0.25, 0.3) is 0 Å². The zero-order valence-corrected chi connectivity index (χ0v) is 13.1. The topological polar surface area (TPSA) is 49.4 Å². The van der Waals surface area contributed by atoms with Gasteiger partial charge in [-0.3, -0.25) is 0 Å². The Kier molecular flexibility index (Phi) is 4.69. The normalized spacial score (nSPS) is 20.5. The van der Waals surface area contributed by atoms with Crippen LogP contribution in [0.25, 0.3) is 0 Å². The zero-order valence-electron chi connectivity index (χ0n) is 11.5. The quantitative estimate of drug-likeness (QED) is 0.925. The average Bonchev–Trinajstić information content (AvgIpc) is 2.81. The van der Waals surface area contributed by atoms with Gasteiger partial charge in [-0.25, -0.2) is 12.8 Å². The van der Waals surface area contributed by atoms with E-state index in [1.807, 2.05) is 6.92 Å². The van der Waals surface area contributed by atoms with Crippen LogP contribution < -0.4 is 5.32 Å². The first-order valence-corrected chi connectivity index (χ1v) is 8.30. The van der Waals surface area contributed by atoms with Gasteiger partial charge in [0.05, 0.1) is 0 Å². The Bertz CT molecular complexity index is 607. The van der Waals surface area contributed by atoms with Gasteiger partial charge >= 0.3 is 0 Å². The van der Waals surface area contributed by atoms with Crippen LogP contribution in [0.4, 0.5) is 4.39 Å². The third-order valence-electron chi connectivity index (χ3n) is 3.45. The highest BCUT2D eigenvalue weighted by Crippen LogP contribution is 2.29. The summed E-state index contributed by atoms with van der Waals surface area (Å²) in [6, 6.07) is 2.63. The predicted octanol–water partition coefficient (Wildman–Crippen LogP) is 2.23. The van der Waals surface area contributed by atoms with Crippen molar-refractivity contribution in [3.63, 3.8) is 0 Å². The molecule has 2 rings (SSSR count). The van der Waals surface area contributed by atoms with E-state index in [0.29, 0.717) is 19.0 Å². The van der Waals surface area contributed by atoms with Crippen molar-refractivity contribution in [2.24, 2.45) is 5.92 Å². The summed E-state index contributed by atoms with van der Waals surface area (Å²) in [7, 11) is -2.16. The molecular weight excluding hydrogens is 303 g/mol. The Morgan fingerprint density at radius 3 is 2.75 bits per heavy atom. The summed E-state index contributed by atoms with van der Waals surface area (Å²) in [6.07, 6.45) is 0.796. The largest absolute Gasteiger partial charge is 0.316 e. The molecule has 4 nitrogen and oxygen atoms in total. The van der Waals surface area contributed by atoms with Crippen LogP contribution in [-0.4, -0.2) is 32.9 Å². The molecule has 0 bridgehead atoms. The third kappa shape index (κ3) is 2.98. The molecule has 1 saturated heterocycles. The number of nitrogens with one attached hydrogen (secondary N) is 1. The Balaban J connectivity index is 2.46. The zero-order chi connectivity index (χ0) is 14.9. The summed E-state index contributed by atoms with van der Waals surface area (Å²) >= 11 is 5.92. The second-order valence-corrected chi connectivity index (χ2v) is 7.51. The third-order valence-corrected chi connectivity index (χ3v) is 5.53. The van der Waals surface area contributed by atoms with Gasteiger partial charge in [-0.1, -0.05) is 18.5 Å². The average molecular weight is 321 g/mol. The van der Waals surface area contributed by atoms with Crippen molar-refractivity contribution in [1.29, 1.82) is 0 Å². The van der Waals surface area contributed by atoms with Gasteiger partial charge in [-0.2, -0.15) is 4.31 Å². The Hall–Kier alpha value is -0.690. The second kappa shape index (κ2) is 5.97. The van der Waals surface area contributed by atoms with E-state index in [0.717, 1.165) is 6.42 Å². The van der Waals surface area contributed by atoms with Crippen LogP contribution in [0, 0.1) is 11.7 Å². The fourth-order valence-corrected chi connectivity index (χ4v) is 4.39.